The number of nitrogens with two attached hydrogens (primary N) is 2. The molecule has 0 aromatic heterocycles. The molecule has 134 valence electrons. The van der Waals surface area contributed by atoms with Crippen LogP contribution in [-0.2, 0) is 0 Å². The standard InChI is InChI=1S/C19H25N3O3/c1-12(2)25-16-6-4-5-15(11-16)22-19(23)14-9-13(3)18(17(21)10-14)24-8-7-20/h4-6,9-12H,7-8,20-21H2,1-3H3,(H,22,23). The van der Waals surface area contributed by atoms with Crippen molar-refractivity contribution in [2.45, 2.75) is 26.9 Å². The van der Waals surface area contributed by atoms with Crippen molar-refractivity contribution < 1.29 is 14.3 Å². The smallest absolute Gasteiger partial charge is 0.255 e. The second-order valence-corrected chi connectivity index (χ2v) is 6.00. The van der Waals surface area contributed by atoms with Crippen molar-refractivity contribution in [2.75, 3.05) is 24.2 Å². The monoisotopic (exact) mass is 343 g/mol. The third kappa shape index (κ3) is 5.12. The third-order valence-electron chi connectivity index (χ3n) is 3.39. The van der Waals surface area contributed by atoms with E-state index < -0.39 is 0 Å². The third-order valence-corrected chi connectivity index (χ3v) is 3.39. The molecule has 6 heteroatoms. The highest BCUT2D eigenvalue weighted by Crippen LogP contribution is 2.28. The van der Waals surface area contributed by atoms with E-state index >= 15 is 0 Å². The molecule has 0 heterocycles. The van der Waals surface area contributed by atoms with Gasteiger partial charge in [0, 0.05) is 23.9 Å². The maximum absolute atomic E-state index is 12.5. The van der Waals surface area contributed by atoms with E-state index in [2.05, 4.69) is 5.32 Å². The van der Waals surface area contributed by atoms with Gasteiger partial charge in [0.05, 0.1) is 11.8 Å². The lowest BCUT2D eigenvalue weighted by Crippen LogP contribution is -2.15. The molecule has 0 aliphatic carbocycles. The highest BCUT2D eigenvalue weighted by molar-refractivity contribution is 6.05. The predicted molar refractivity (Wildman–Crippen MR) is 100 cm³/mol. The summed E-state index contributed by atoms with van der Waals surface area (Å²) >= 11 is 0. The SMILES string of the molecule is Cc1cc(C(=O)Nc2cccc(OC(C)C)c2)cc(N)c1OCCN. The van der Waals surface area contributed by atoms with Gasteiger partial charge in [-0.15, -0.1) is 0 Å². The molecule has 0 spiro atoms. The van der Waals surface area contributed by atoms with Gasteiger partial charge in [-0.05, 0) is 50.6 Å². The molecule has 2 aromatic carbocycles. The molecule has 0 unspecified atom stereocenters. The van der Waals surface area contributed by atoms with Crippen LogP contribution in [0.15, 0.2) is 36.4 Å². The van der Waals surface area contributed by atoms with E-state index in [-0.39, 0.29) is 12.0 Å². The van der Waals surface area contributed by atoms with Gasteiger partial charge in [-0.25, -0.2) is 0 Å². The van der Waals surface area contributed by atoms with Crippen molar-refractivity contribution >= 4 is 17.3 Å². The second kappa shape index (κ2) is 8.39. The summed E-state index contributed by atoms with van der Waals surface area (Å²) in [5.41, 5.74) is 13.8. The Kier molecular flexibility index (Phi) is 6.25. The summed E-state index contributed by atoms with van der Waals surface area (Å²) in [6, 6.07) is 10.6. The van der Waals surface area contributed by atoms with Crippen LogP contribution in [-0.4, -0.2) is 25.2 Å². The van der Waals surface area contributed by atoms with Gasteiger partial charge in [-0.2, -0.15) is 0 Å². The molecule has 0 bridgehead atoms. The van der Waals surface area contributed by atoms with Crippen molar-refractivity contribution in [3.05, 3.63) is 47.5 Å². The number of hydrogen-bond donors (Lipinski definition) is 3. The van der Waals surface area contributed by atoms with Crippen LogP contribution in [0.4, 0.5) is 11.4 Å². The molecule has 2 aromatic rings. The molecule has 0 radical (unpaired) electrons. The van der Waals surface area contributed by atoms with Crippen LogP contribution >= 0.6 is 0 Å². The van der Waals surface area contributed by atoms with E-state index in [0.29, 0.717) is 41.6 Å². The summed E-state index contributed by atoms with van der Waals surface area (Å²) in [4.78, 5) is 12.5. The van der Waals surface area contributed by atoms with E-state index in [4.69, 9.17) is 20.9 Å². The Hall–Kier alpha value is -2.73. The molecule has 6 nitrogen and oxygen atoms in total. The van der Waals surface area contributed by atoms with Crippen molar-refractivity contribution in [3.8, 4) is 11.5 Å². The largest absolute Gasteiger partial charge is 0.491 e. The molecule has 25 heavy (non-hydrogen) atoms. The number of aryl methyl sites for hydroxylation is 1. The number of carbonyl (C=O) groups is 1. The molecule has 0 saturated heterocycles. The van der Waals surface area contributed by atoms with Crippen LogP contribution in [0.3, 0.4) is 0 Å². The molecular weight excluding hydrogens is 318 g/mol. The summed E-state index contributed by atoms with van der Waals surface area (Å²) in [5, 5.41) is 2.85. The van der Waals surface area contributed by atoms with Crippen LogP contribution in [0.2, 0.25) is 0 Å². The minimum Gasteiger partial charge on any atom is -0.491 e. The van der Waals surface area contributed by atoms with Gasteiger partial charge in [0.2, 0.25) is 0 Å². The van der Waals surface area contributed by atoms with Crippen molar-refractivity contribution in [1.82, 2.24) is 0 Å². The molecular formula is C19H25N3O3. The van der Waals surface area contributed by atoms with Gasteiger partial charge in [-0.3, -0.25) is 4.79 Å². The Labute approximate surface area is 148 Å². The number of hydrogen-bond acceptors (Lipinski definition) is 5. The van der Waals surface area contributed by atoms with Crippen LogP contribution in [0.5, 0.6) is 11.5 Å². The van der Waals surface area contributed by atoms with Crippen molar-refractivity contribution in [1.29, 1.82) is 0 Å². The van der Waals surface area contributed by atoms with E-state index in [0.717, 1.165) is 5.56 Å². The van der Waals surface area contributed by atoms with E-state index in [1.807, 2.05) is 32.9 Å². The normalized spacial score (nSPS) is 10.6. The first-order valence-electron chi connectivity index (χ1n) is 8.21. The second-order valence-electron chi connectivity index (χ2n) is 6.00. The van der Waals surface area contributed by atoms with E-state index in [9.17, 15) is 4.79 Å². The Morgan fingerprint density at radius 2 is 2.00 bits per heavy atom. The van der Waals surface area contributed by atoms with Gasteiger partial charge < -0.3 is 26.3 Å². The zero-order valence-electron chi connectivity index (χ0n) is 14.8. The predicted octanol–water partition coefficient (Wildman–Crippen LogP) is 2.95. The van der Waals surface area contributed by atoms with Gasteiger partial charge in [0.1, 0.15) is 18.1 Å². The molecule has 2 rings (SSSR count). The molecule has 0 aliphatic rings. The summed E-state index contributed by atoms with van der Waals surface area (Å²) in [6.45, 7) is 6.52. The maximum atomic E-state index is 12.5. The van der Waals surface area contributed by atoms with Gasteiger partial charge >= 0.3 is 0 Å². The number of nitrogens with one attached hydrogen (secondary N) is 1. The number of benzene rings is 2. The average molecular weight is 343 g/mol. The molecule has 0 saturated carbocycles. The lowest BCUT2D eigenvalue weighted by atomic mass is 10.1. The Balaban J connectivity index is 2.16. The quantitative estimate of drug-likeness (QED) is 0.671. The van der Waals surface area contributed by atoms with Crippen molar-refractivity contribution in [2.24, 2.45) is 5.73 Å². The first-order valence-corrected chi connectivity index (χ1v) is 8.21. The van der Waals surface area contributed by atoms with Crippen LogP contribution < -0.4 is 26.3 Å². The summed E-state index contributed by atoms with van der Waals surface area (Å²) in [7, 11) is 0. The molecule has 0 atom stereocenters. The van der Waals surface area contributed by atoms with Crippen molar-refractivity contribution in [3.63, 3.8) is 0 Å². The lowest BCUT2D eigenvalue weighted by Gasteiger charge is -2.14. The highest BCUT2D eigenvalue weighted by Gasteiger charge is 2.13. The fourth-order valence-corrected chi connectivity index (χ4v) is 2.41. The fraction of sp³-hybridized carbons (Fsp3) is 0.316. The lowest BCUT2D eigenvalue weighted by molar-refractivity contribution is 0.102. The Bertz CT molecular complexity index is 721. The number of anilines is 2. The fourth-order valence-electron chi connectivity index (χ4n) is 2.41. The summed E-state index contributed by atoms with van der Waals surface area (Å²) < 4.78 is 11.2. The highest BCUT2D eigenvalue weighted by atomic mass is 16.5. The summed E-state index contributed by atoms with van der Waals surface area (Å²) in [5.74, 6) is 1.02. The van der Waals surface area contributed by atoms with Crippen LogP contribution in [0, 0.1) is 6.92 Å². The first kappa shape index (κ1) is 18.6. The summed E-state index contributed by atoms with van der Waals surface area (Å²) in [6.07, 6.45) is 0.0643. The molecule has 1 amide bonds. The average Bonchev–Trinajstić information content (AvgIpc) is 2.53. The molecule has 0 aliphatic heterocycles. The number of nitrogen functional groups attached to an aromatic ring is 1. The van der Waals surface area contributed by atoms with Gasteiger partial charge in [0.15, 0.2) is 0 Å². The maximum Gasteiger partial charge on any atom is 0.255 e. The van der Waals surface area contributed by atoms with E-state index in [1.165, 1.54) is 0 Å². The topological polar surface area (TPSA) is 99.6 Å². The molecule has 0 fully saturated rings. The first-order chi connectivity index (χ1) is 11.9. The van der Waals surface area contributed by atoms with Crippen LogP contribution in [0.1, 0.15) is 29.8 Å². The minimum atomic E-state index is -0.248. The number of rotatable bonds is 7. The zero-order chi connectivity index (χ0) is 18.4. The Morgan fingerprint density at radius 3 is 2.64 bits per heavy atom. The number of carbonyl (C=O) groups excluding carboxylic acids is 1. The minimum absolute atomic E-state index is 0.0643. The van der Waals surface area contributed by atoms with Gasteiger partial charge in [-0.1, -0.05) is 6.07 Å². The van der Waals surface area contributed by atoms with E-state index in [1.54, 1.807) is 24.3 Å². The van der Waals surface area contributed by atoms with Crippen LogP contribution in [0.25, 0.3) is 0 Å². The zero-order valence-corrected chi connectivity index (χ0v) is 14.8. The number of ether oxygens (including phenoxy) is 2. The van der Waals surface area contributed by atoms with Gasteiger partial charge in [0.25, 0.3) is 5.91 Å². The molecule has 5 N–H and O–H groups in total. The Morgan fingerprint density at radius 1 is 1.24 bits per heavy atom. The number of amides is 1.